The smallest absolute Gasteiger partial charge is 0.222 e. The van der Waals surface area contributed by atoms with Crippen LogP contribution in [-0.2, 0) is 0 Å². The van der Waals surface area contributed by atoms with Crippen LogP contribution in [0.25, 0.3) is 0 Å². The number of anilines is 1. The molecule has 0 saturated carbocycles. The standard InChI is InChI=1S/C15H19N3O3/c1-10-4-5-16-15(18-10)17-9-14(19)11-6-12(20-2)8-13(7-11)21-3/h4-8,14,19H,9H2,1-3H3,(H,16,17,18). The lowest BCUT2D eigenvalue weighted by Crippen LogP contribution is -2.14. The number of nitrogens with zero attached hydrogens (tertiary/aromatic N) is 2. The van der Waals surface area contributed by atoms with E-state index in [1.165, 1.54) is 0 Å². The molecule has 0 saturated heterocycles. The molecule has 112 valence electrons. The van der Waals surface area contributed by atoms with Crippen molar-refractivity contribution in [3.05, 3.63) is 41.7 Å². The van der Waals surface area contributed by atoms with Crippen molar-refractivity contribution in [1.82, 2.24) is 9.97 Å². The fraction of sp³-hybridized carbons (Fsp3) is 0.333. The van der Waals surface area contributed by atoms with Crippen LogP contribution in [0, 0.1) is 6.92 Å². The van der Waals surface area contributed by atoms with E-state index < -0.39 is 6.10 Å². The zero-order valence-electron chi connectivity index (χ0n) is 12.3. The SMILES string of the molecule is COc1cc(OC)cc(C(O)CNc2nccc(C)n2)c1. The van der Waals surface area contributed by atoms with Gasteiger partial charge >= 0.3 is 0 Å². The Kier molecular flexibility index (Phi) is 4.94. The van der Waals surface area contributed by atoms with Crippen LogP contribution < -0.4 is 14.8 Å². The molecule has 6 heteroatoms. The summed E-state index contributed by atoms with van der Waals surface area (Å²) in [6.07, 6.45) is 0.948. The molecule has 2 aromatic rings. The minimum absolute atomic E-state index is 0.291. The molecule has 0 aliphatic carbocycles. The van der Waals surface area contributed by atoms with Gasteiger partial charge in [0, 0.05) is 24.5 Å². The molecule has 1 heterocycles. The van der Waals surface area contributed by atoms with Gasteiger partial charge in [-0.25, -0.2) is 9.97 Å². The number of aliphatic hydroxyl groups is 1. The van der Waals surface area contributed by atoms with Crippen molar-refractivity contribution in [1.29, 1.82) is 0 Å². The maximum absolute atomic E-state index is 10.3. The van der Waals surface area contributed by atoms with Crippen molar-refractivity contribution < 1.29 is 14.6 Å². The van der Waals surface area contributed by atoms with Crippen molar-refractivity contribution in [3.8, 4) is 11.5 Å². The zero-order chi connectivity index (χ0) is 15.2. The average Bonchev–Trinajstić information content (AvgIpc) is 2.52. The highest BCUT2D eigenvalue weighted by atomic mass is 16.5. The van der Waals surface area contributed by atoms with E-state index in [1.807, 2.05) is 13.0 Å². The van der Waals surface area contributed by atoms with Crippen LogP contribution >= 0.6 is 0 Å². The molecule has 2 N–H and O–H groups in total. The van der Waals surface area contributed by atoms with Gasteiger partial charge in [0.05, 0.1) is 20.3 Å². The van der Waals surface area contributed by atoms with Crippen molar-refractivity contribution in [2.45, 2.75) is 13.0 Å². The summed E-state index contributed by atoms with van der Waals surface area (Å²) in [5, 5.41) is 13.3. The summed E-state index contributed by atoms with van der Waals surface area (Å²) in [7, 11) is 3.15. The third-order valence-electron chi connectivity index (χ3n) is 3.01. The molecule has 0 aliphatic rings. The molecule has 0 fully saturated rings. The highest BCUT2D eigenvalue weighted by molar-refractivity contribution is 5.40. The van der Waals surface area contributed by atoms with Crippen LogP contribution in [0.3, 0.4) is 0 Å². The molecule has 0 radical (unpaired) electrons. The van der Waals surface area contributed by atoms with Crippen LogP contribution in [0.5, 0.6) is 11.5 Å². The van der Waals surface area contributed by atoms with Crippen molar-refractivity contribution >= 4 is 5.95 Å². The summed E-state index contributed by atoms with van der Waals surface area (Å²) in [5.41, 5.74) is 1.57. The molecule has 0 aliphatic heterocycles. The highest BCUT2D eigenvalue weighted by Crippen LogP contribution is 2.26. The van der Waals surface area contributed by atoms with Gasteiger partial charge in [-0.15, -0.1) is 0 Å². The Labute approximate surface area is 123 Å². The minimum Gasteiger partial charge on any atom is -0.497 e. The molecule has 0 spiro atoms. The van der Waals surface area contributed by atoms with Gasteiger partial charge in [-0.05, 0) is 30.7 Å². The third-order valence-corrected chi connectivity index (χ3v) is 3.01. The van der Waals surface area contributed by atoms with Gasteiger partial charge in [0.15, 0.2) is 0 Å². The van der Waals surface area contributed by atoms with Crippen LogP contribution in [0.2, 0.25) is 0 Å². The summed E-state index contributed by atoms with van der Waals surface area (Å²) < 4.78 is 10.4. The maximum atomic E-state index is 10.3. The quantitative estimate of drug-likeness (QED) is 0.846. The second-order valence-electron chi connectivity index (χ2n) is 4.56. The van der Waals surface area contributed by atoms with Gasteiger partial charge in [0.1, 0.15) is 11.5 Å². The molecule has 1 aromatic heterocycles. The summed E-state index contributed by atoms with van der Waals surface area (Å²) in [5.74, 6) is 1.76. The predicted octanol–water partition coefficient (Wildman–Crippen LogP) is 1.95. The van der Waals surface area contributed by atoms with Crippen molar-refractivity contribution in [2.75, 3.05) is 26.1 Å². The first-order valence-corrected chi connectivity index (χ1v) is 6.57. The fourth-order valence-electron chi connectivity index (χ4n) is 1.86. The Hall–Kier alpha value is -2.34. The lowest BCUT2D eigenvalue weighted by Gasteiger charge is -2.14. The van der Waals surface area contributed by atoms with Crippen molar-refractivity contribution in [2.24, 2.45) is 0 Å². The average molecular weight is 289 g/mol. The molecule has 0 bridgehead atoms. The molecule has 2 rings (SSSR count). The number of aromatic nitrogens is 2. The third kappa shape index (κ3) is 4.06. The highest BCUT2D eigenvalue weighted by Gasteiger charge is 2.11. The van der Waals surface area contributed by atoms with E-state index in [4.69, 9.17) is 9.47 Å². The molecular formula is C15H19N3O3. The van der Waals surface area contributed by atoms with Crippen LogP contribution in [0.4, 0.5) is 5.95 Å². The summed E-state index contributed by atoms with van der Waals surface area (Å²) in [4.78, 5) is 8.31. The Balaban J connectivity index is 2.07. The number of hydrogen-bond donors (Lipinski definition) is 2. The number of aliphatic hydroxyl groups excluding tert-OH is 1. The molecular weight excluding hydrogens is 270 g/mol. The molecule has 21 heavy (non-hydrogen) atoms. The van der Waals surface area contributed by atoms with Gasteiger partial charge in [0.2, 0.25) is 5.95 Å². The summed E-state index contributed by atoms with van der Waals surface area (Å²) in [6.45, 7) is 2.18. The molecule has 0 amide bonds. The van der Waals surface area contributed by atoms with Crippen LogP contribution in [0.1, 0.15) is 17.4 Å². The summed E-state index contributed by atoms with van der Waals surface area (Å²) in [6, 6.07) is 7.11. The first-order chi connectivity index (χ1) is 10.1. The van der Waals surface area contributed by atoms with E-state index in [0.717, 1.165) is 5.69 Å². The van der Waals surface area contributed by atoms with Gasteiger partial charge in [-0.1, -0.05) is 0 Å². The number of methoxy groups -OCH3 is 2. The second-order valence-corrected chi connectivity index (χ2v) is 4.56. The Morgan fingerprint density at radius 2 is 1.86 bits per heavy atom. The predicted molar refractivity (Wildman–Crippen MR) is 79.8 cm³/mol. The first kappa shape index (κ1) is 15.1. The number of ether oxygens (including phenoxy) is 2. The van der Waals surface area contributed by atoms with E-state index in [0.29, 0.717) is 29.6 Å². The molecule has 6 nitrogen and oxygen atoms in total. The largest absolute Gasteiger partial charge is 0.497 e. The van der Waals surface area contributed by atoms with Crippen LogP contribution in [-0.4, -0.2) is 35.8 Å². The number of nitrogens with one attached hydrogen (secondary N) is 1. The Bertz CT molecular complexity index is 582. The van der Waals surface area contributed by atoms with Gasteiger partial charge < -0.3 is 19.9 Å². The first-order valence-electron chi connectivity index (χ1n) is 6.57. The number of benzene rings is 1. The topological polar surface area (TPSA) is 76.5 Å². The molecule has 1 unspecified atom stereocenters. The van der Waals surface area contributed by atoms with Gasteiger partial charge in [-0.3, -0.25) is 0 Å². The molecule has 1 atom stereocenters. The minimum atomic E-state index is -0.724. The lowest BCUT2D eigenvalue weighted by molar-refractivity contribution is 0.190. The van der Waals surface area contributed by atoms with Gasteiger partial charge in [0.25, 0.3) is 0 Å². The van der Waals surface area contributed by atoms with Crippen LogP contribution in [0.15, 0.2) is 30.5 Å². The number of rotatable bonds is 6. The van der Waals surface area contributed by atoms with E-state index in [1.54, 1.807) is 38.6 Å². The Morgan fingerprint density at radius 1 is 1.19 bits per heavy atom. The van der Waals surface area contributed by atoms with E-state index in [2.05, 4.69) is 15.3 Å². The second kappa shape index (κ2) is 6.90. The molecule has 1 aromatic carbocycles. The van der Waals surface area contributed by atoms with Gasteiger partial charge in [-0.2, -0.15) is 0 Å². The maximum Gasteiger partial charge on any atom is 0.222 e. The Morgan fingerprint density at radius 3 is 2.43 bits per heavy atom. The van der Waals surface area contributed by atoms with Crippen molar-refractivity contribution in [3.63, 3.8) is 0 Å². The monoisotopic (exact) mass is 289 g/mol. The fourth-order valence-corrected chi connectivity index (χ4v) is 1.86. The normalized spacial score (nSPS) is 11.8. The van der Waals surface area contributed by atoms with E-state index in [-0.39, 0.29) is 0 Å². The van der Waals surface area contributed by atoms with E-state index in [9.17, 15) is 5.11 Å². The number of hydrogen-bond acceptors (Lipinski definition) is 6. The lowest BCUT2D eigenvalue weighted by atomic mass is 10.1. The summed E-state index contributed by atoms with van der Waals surface area (Å²) >= 11 is 0. The van der Waals surface area contributed by atoms with E-state index >= 15 is 0 Å². The number of aryl methyl sites for hydroxylation is 1. The zero-order valence-corrected chi connectivity index (χ0v) is 12.3.